The Hall–Kier alpha value is -1.72. The molecular formula is C16H18O4S. The van der Waals surface area contributed by atoms with Crippen LogP contribution in [0.4, 0.5) is 0 Å². The largest absolute Gasteiger partial charge is 0.298 e. The molecule has 0 radical (unpaired) electrons. The molecule has 0 aliphatic heterocycles. The molecule has 0 spiro atoms. The van der Waals surface area contributed by atoms with Crippen LogP contribution in [0.5, 0.6) is 0 Å². The van der Waals surface area contributed by atoms with Crippen LogP contribution in [0.3, 0.4) is 0 Å². The van der Waals surface area contributed by atoms with Gasteiger partial charge >= 0.3 is 0 Å². The summed E-state index contributed by atoms with van der Waals surface area (Å²) in [6.07, 6.45) is 0.681. The Balaban J connectivity index is 2.89. The zero-order valence-electron chi connectivity index (χ0n) is 12.5. The standard InChI is InChI=1S/C16H18O4S/c1-10(2)12-6-5-11(3)16-14(7-12)13(9-17)8-15(16)21(18,19)20-4/h5-10H,1-4H3. The van der Waals surface area contributed by atoms with E-state index < -0.39 is 10.1 Å². The smallest absolute Gasteiger partial charge is 0.297 e. The Labute approximate surface area is 125 Å². The van der Waals surface area contributed by atoms with Crippen molar-refractivity contribution in [3.05, 3.63) is 41.0 Å². The third kappa shape index (κ3) is 2.71. The SMILES string of the molecule is COS(=O)(=O)c1cc(C=O)c2cc(C(C)C)ccc(C)c1-2. The van der Waals surface area contributed by atoms with E-state index in [-0.39, 0.29) is 10.8 Å². The Morgan fingerprint density at radius 1 is 1.19 bits per heavy atom. The molecule has 2 aliphatic rings. The average Bonchev–Trinajstić information content (AvgIpc) is 2.73. The van der Waals surface area contributed by atoms with Crippen LogP contribution in [-0.2, 0) is 14.3 Å². The summed E-state index contributed by atoms with van der Waals surface area (Å²) in [4.78, 5) is 11.4. The van der Waals surface area contributed by atoms with Crippen molar-refractivity contribution < 1.29 is 17.4 Å². The lowest BCUT2D eigenvalue weighted by Gasteiger charge is -2.05. The van der Waals surface area contributed by atoms with E-state index >= 15 is 0 Å². The molecule has 21 heavy (non-hydrogen) atoms. The van der Waals surface area contributed by atoms with E-state index in [1.807, 2.05) is 39.0 Å². The van der Waals surface area contributed by atoms with Crippen molar-refractivity contribution >= 4 is 16.4 Å². The number of fused-ring (bicyclic) bond motifs is 1. The maximum Gasteiger partial charge on any atom is 0.297 e. The van der Waals surface area contributed by atoms with Gasteiger partial charge in [-0.15, -0.1) is 0 Å². The highest BCUT2D eigenvalue weighted by Crippen LogP contribution is 2.38. The highest BCUT2D eigenvalue weighted by Gasteiger charge is 2.26. The van der Waals surface area contributed by atoms with Crippen molar-refractivity contribution in [2.75, 3.05) is 7.11 Å². The van der Waals surface area contributed by atoms with Crippen molar-refractivity contribution in [1.82, 2.24) is 0 Å². The maximum absolute atomic E-state index is 12.1. The predicted molar refractivity (Wildman–Crippen MR) is 81.5 cm³/mol. The summed E-state index contributed by atoms with van der Waals surface area (Å²) in [6.45, 7) is 5.93. The second-order valence-corrected chi connectivity index (χ2v) is 6.99. The van der Waals surface area contributed by atoms with Crippen LogP contribution in [0.2, 0.25) is 0 Å². The van der Waals surface area contributed by atoms with E-state index in [0.717, 1.165) is 18.2 Å². The zero-order chi connectivity index (χ0) is 15.8. The highest BCUT2D eigenvalue weighted by atomic mass is 32.2. The van der Waals surface area contributed by atoms with Crippen molar-refractivity contribution in [3.63, 3.8) is 0 Å². The van der Waals surface area contributed by atoms with Crippen molar-refractivity contribution in [2.24, 2.45) is 0 Å². The molecule has 0 aromatic rings. The first kappa shape index (κ1) is 15.7. The first-order valence-corrected chi connectivity index (χ1v) is 8.05. The molecule has 0 saturated carbocycles. The van der Waals surface area contributed by atoms with E-state index in [0.29, 0.717) is 23.0 Å². The minimum atomic E-state index is -3.86. The van der Waals surface area contributed by atoms with E-state index in [4.69, 9.17) is 0 Å². The average molecular weight is 306 g/mol. The fraction of sp³-hybridized carbons (Fsp3) is 0.312. The molecule has 0 heterocycles. The van der Waals surface area contributed by atoms with Gasteiger partial charge in [-0.05, 0) is 35.6 Å². The van der Waals surface area contributed by atoms with Gasteiger partial charge in [0.2, 0.25) is 0 Å². The lowest BCUT2D eigenvalue weighted by atomic mass is 10.0. The van der Waals surface area contributed by atoms with Gasteiger partial charge in [0.15, 0.2) is 6.29 Å². The van der Waals surface area contributed by atoms with Crippen molar-refractivity contribution in [1.29, 1.82) is 0 Å². The molecule has 0 bridgehead atoms. The molecule has 0 saturated heterocycles. The van der Waals surface area contributed by atoms with E-state index in [2.05, 4.69) is 4.18 Å². The fourth-order valence-electron chi connectivity index (χ4n) is 2.39. The molecule has 0 N–H and O–H groups in total. The van der Waals surface area contributed by atoms with Gasteiger partial charge < -0.3 is 0 Å². The molecule has 5 heteroatoms. The van der Waals surface area contributed by atoms with Gasteiger partial charge in [0.1, 0.15) is 4.90 Å². The lowest BCUT2D eigenvalue weighted by Crippen LogP contribution is -2.02. The van der Waals surface area contributed by atoms with Gasteiger partial charge in [-0.25, -0.2) is 0 Å². The van der Waals surface area contributed by atoms with E-state index in [1.165, 1.54) is 6.07 Å². The van der Waals surface area contributed by atoms with Crippen LogP contribution in [0.15, 0.2) is 29.2 Å². The summed E-state index contributed by atoms with van der Waals surface area (Å²) in [5.74, 6) is 0.275. The fourth-order valence-corrected chi connectivity index (χ4v) is 3.37. The number of rotatable bonds is 4. The van der Waals surface area contributed by atoms with Gasteiger partial charge in [-0.2, -0.15) is 8.42 Å². The summed E-state index contributed by atoms with van der Waals surface area (Å²) < 4.78 is 28.8. The van der Waals surface area contributed by atoms with Crippen LogP contribution in [0.25, 0.3) is 11.1 Å². The Morgan fingerprint density at radius 2 is 1.86 bits per heavy atom. The van der Waals surface area contributed by atoms with Crippen LogP contribution in [0, 0.1) is 6.92 Å². The number of aryl methyl sites for hydroxylation is 1. The number of hydrogen-bond acceptors (Lipinski definition) is 4. The lowest BCUT2D eigenvalue weighted by molar-refractivity contribution is 0.112. The summed E-state index contributed by atoms with van der Waals surface area (Å²) in [6, 6.07) is 7.09. The molecule has 2 aliphatic carbocycles. The Bertz CT molecular complexity index is 760. The van der Waals surface area contributed by atoms with Crippen LogP contribution in [-0.4, -0.2) is 21.8 Å². The molecule has 4 nitrogen and oxygen atoms in total. The second-order valence-electron chi connectivity index (χ2n) is 5.31. The van der Waals surface area contributed by atoms with Crippen LogP contribution >= 0.6 is 0 Å². The van der Waals surface area contributed by atoms with E-state index in [9.17, 15) is 13.2 Å². The monoisotopic (exact) mass is 306 g/mol. The van der Waals surface area contributed by atoms with Crippen molar-refractivity contribution in [2.45, 2.75) is 31.6 Å². The molecule has 0 fully saturated rings. The van der Waals surface area contributed by atoms with E-state index in [1.54, 1.807) is 0 Å². The quantitative estimate of drug-likeness (QED) is 0.642. The third-order valence-corrected chi connectivity index (χ3v) is 4.93. The number of carbonyl (C=O) groups is 1. The molecule has 0 aromatic heterocycles. The Morgan fingerprint density at radius 3 is 2.38 bits per heavy atom. The molecule has 0 aromatic carbocycles. The van der Waals surface area contributed by atoms with Crippen molar-refractivity contribution in [3.8, 4) is 11.1 Å². The summed E-state index contributed by atoms with van der Waals surface area (Å²) >= 11 is 0. The van der Waals surface area contributed by atoms with Gasteiger partial charge in [0, 0.05) is 11.1 Å². The maximum atomic E-state index is 12.1. The first-order chi connectivity index (χ1) is 9.81. The molecule has 2 rings (SSSR count). The summed E-state index contributed by atoms with van der Waals surface area (Å²) in [5, 5.41) is 0. The number of carbonyl (C=O) groups excluding carboxylic acids is 1. The first-order valence-electron chi connectivity index (χ1n) is 6.65. The van der Waals surface area contributed by atoms with Gasteiger partial charge in [-0.1, -0.05) is 32.0 Å². The second kappa shape index (κ2) is 5.58. The van der Waals surface area contributed by atoms with Gasteiger partial charge in [0.05, 0.1) is 7.11 Å². The predicted octanol–water partition coefficient (Wildman–Crippen LogP) is 3.37. The van der Waals surface area contributed by atoms with Crippen LogP contribution in [0.1, 0.15) is 41.3 Å². The molecule has 0 amide bonds. The van der Waals surface area contributed by atoms with Gasteiger partial charge in [0.25, 0.3) is 10.1 Å². The normalized spacial score (nSPS) is 12.0. The summed E-state index contributed by atoms with van der Waals surface area (Å²) in [7, 11) is -2.74. The Kier molecular flexibility index (Phi) is 4.16. The molecule has 112 valence electrons. The number of aldehydes is 1. The zero-order valence-corrected chi connectivity index (χ0v) is 13.3. The minimum Gasteiger partial charge on any atom is -0.298 e. The minimum absolute atomic E-state index is 0.0468. The topological polar surface area (TPSA) is 60.4 Å². The molecule has 0 unspecified atom stereocenters. The van der Waals surface area contributed by atoms with Gasteiger partial charge in [-0.3, -0.25) is 8.98 Å². The van der Waals surface area contributed by atoms with Crippen LogP contribution < -0.4 is 0 Å². The summed E-state index contributed by atoms with van der Waals surface area (Å²) in [5.41, 5.74) is 3.39. The molecule has 0 atom stereocenters. The number of hydrogen-bond donors (Lipinski definition) is 0. The third-order valence-electron chi connectivity index (χ3n) is 3.63. The highest BCUT2D eigenvalue weighted by molar-refractivity contribution is 7.87. The molecular weight excluding hydrogens is 288 g/mol.